The van der Waals surface area contributed by atoms with Crippen molar-refractivity contribution in [1.29, 1.82) is 0 Å². The topological polar surface area (TPSA) is 86.8 Å². The number of nitrogens with two attached hydrogens (primary N) is 1. The van der Waals surface area contributed by atoms with E-state index in [0.29, 0.717) is 19.5 Å². The Labute approximate surface area is 77.1 Å². The predicted molar refractivity (Wildman–Crippen MR) is 47.5 cm³/mol. The fourth-order valence-electron chi connectivity index (χ4n) is 1.75. The van der Waals surface area contributed by atoms with Gasteiger partial charge in [0.05, 0.1) is 0 Å². The first-order valence-electron chi connectivity index (χ1n) is 4.45. The van der Waals surface area contributed by atoms with Crippen molar-refractivity contribution in [2.24, 2.45) is 5.73 Å². The first kappa shape index (κ1) is 10.3. The third-order valence-corrected chi connectivity index (χ3v) is 2.49. The summed E-state index contributed by atoms with van der Waals surface area (Å²) in [7, 11) is 0. The molecule has 0 aromatic carbocycles. The first-order chi connectivity index (χ1) is 6.07. The average Bonchev–Trinajstić information content (AvgIpc) is 2.04. The third-order valence-electron chi connectivity index (χ3n) is 2.49. The van der Waals surface area contributed by atoms with E-state index in [0.717, 1.165) is 12.8 Å². The molecule has 1 amide bonds. The van der Waals surface area contributed by atoms with E-state index in [4.69, 9.17) is 15.9 Å². The van der Waals surface area contributed by atoms with E-state index >= 15 is 0 Å². The number of nitrogens with zero attached hydrogens (tertiary/aromatic N) is 1. The van der Waals surface area contributed by atoms with Crippen LogP contribution in [0.5, 0.6) is 0 Å². The highest BCUT2D eigenvalue weighted by molar-refractivity contribution is 5.65. The molecule has 4 N–H and O–H groups in total. The zero-order valence-electron chi connectivity index (χ0n) is 7.57. The van der Waals surface area contributed by atoms with E-state index < -0.39 is 11.6 Å². The SMILES string of the molecule is NC1(CCO)CCCN(C(=O)O)C1. The van der Waals surface area contributed by atoms with E-state index in [-0.39, 0.29) is 6.61 Å². The van der Waals surface area contributed by atoms with Crippen LogP contribution in [0.2, 0.25) is 0 Å². The minimum atomic E-state index is -0.924. The van der Waals surface area contributed by atoms with E-state index in [1.807, 2.05) is 0 Å². The van der Waals surface area contributed by atoms with E-state index in [9.17, 15) is 4.79 Å². The van der Waals surface area contributed by atoms with Crippen LogP contribution >= 0.6 is 0 Å². The number of rotatable bonds is 2. The van der Waals surface area contributed by atoms with Gasteiger partial charge < -0.3 is 20.8 Å². The van der Waals surface area contributed by atoms with Crippen LogP contribution in [0, 0.1) is 0 Å². The molecule has 1 rings (SSSR count). The Morgan fingerprint density at radius 1 is 1.62 bits per heavy atom. The lowest BCUT2D eigenvalue weighted by Gasteiger charge is -2.38. The van der Waals surface area contributed by atoms with Crippen LogP contribution in [-0.2, 0) is 0 Å². The fourth-order valence-corrected chi connectivity index (χ4v) is 1.75. The minimum absolute atomic E-state index is 0.0178. The monoisotopic (exact) mass is 188 g/mol. The Hall–Kier alpha value is -0.810. The van der Waals surface area contributed by atoms with Gasteiger partial charge in [0, 0.05) is 25.2 Å². The van der Waals surface area contributed by atoms with Gasteiger partial charge in [-0.25, -0.2) is 4.79 Å². The number of carbonyl (C=O) groups is 1. The summed E-state index contributed by atoms with van der Waals surface area (Å²) in [4.78, 5) is 12.0. The van der Waals surface area contributed by atoms with Gasteiger partial charge in [0.15, 0.2) is 0 Å². The zero-order chi connectivity index (χ0) is 9.90. The van der Waals surface area contributed by atoms with Gasteiger partial charge in [0.1, 0.15) is 0 Å². The summed E-state index contributed by atoms with van der Waals surface area (Å²) in [6.45, 7) is 0.909. The Morgan fingerprint density at radius 2 is 2.31 bits per heavy atom. The largest absolute Gasteiger partial charge is 0.465 e. The maximum absolute atomic E-state index is 10.7. The lowest BCUT2D eigenvalue weighted by atomic mass is 9.87. The van der Waals surface area contributed by atoms with Gasteiger partial charge in [0.25, 0.3) is 0 Å². The molecule has 0 radical (unpaired) electrons. The summed E-state index contributed by atoms with van der Waals surface area (Å²) in [6.07, 6.45) is 1.11. The van der Waals surface area contributed by atoms with Gasteiger partial charge in [-0.05, 0) is 19.3 Å². The molecule has 1 saturated heterocycles. The molecule has 76 valence electrons. The Balaban J connectivity index is 2.54. The molecule has 5 heteroatoms. The van der Waals surface area contributed by atoms with E-state index in [1.165, 1.54) is 4.90 Å². The molecule has 0 aliphatic carbocycles. The zero-order valence-corrected chi connectivity index (χ0v) is 7.57. The number of piperidine rings is 1. The average molecular weight is 188 g/mol. The highest BCUT2D eigenvalue weighted by Crippen LogP contribution is 2.21. The van der Waals surface area contributed by atoms with Gasteiger partial charge in [-0.15, -0.1) is 0 Å². The first-order valence-corrected chi connectivity index (χ1v) is 4.45. The molecule has 0 saturated carbocycles. The molecular formula is C8H16N2O3. The fraction of sp³-hybridized carbons (Fsp3) is 0.875. The summed E-state index contributed by atoms with van der Waals surface area (Å²) >= 11 is 0. The maximum atomic E-state index is 10.7. The molecule has 1 unspecified atom stereocenters. The van der Waals surface area contributed by atoms with Crippen molar-refractivity contribution in [3.8, 4) is 0 Å². The van der Waals surface area contributed by atoms with Crippen LogP contribution in [0.4, 0.5) is 4.79 Å². The molecule has 0 bridgehead atoms. The van der Waals surface area contributed by atoms with Crippen molar-refractivity contribution in [3.63, 3.8) is 0 Å². The van der Waals surface area contributed by atoms with Crippen LogP contribution in [0.1, 0.15) is 19.3 Å². The molecule has 13 heavy (non-hydrogen) atoms. The van der Waals surface area contributed by atoms with Gasteiger partial charge >= 0.3 is 6.09 Å². The van der Waals surface area contributed by atoms with Gasteiger partial charge in [-0.2, -0.15) is 0 Å². The molecule has 0 aromatic heterocycles. The molecule has 1 atom stereocenters. The molecule has 5 nitrogen and oxygen atoms in total. The molecule has 1 heterocycles. The smallest absolute Gasteiger partial charge is 0.407 e. The minimum Gasteiger partial charge on any atom is -0.465 e. The number of hydrogen-bond donors (Lipinski definition) is 3. The summed E-state index contributed by atoms with van der Waals surface area (Å²) in [6, 6.07) is 0. The summed E-state index contributed by atoms with van der Waals surface area (Å²) in [5.74, 6) is 0. The van der Waals surface area contributed by atoms with Crippen molar-refractivity contribution in [1.82, 2.24) is 4.90 Å². The van der Waals surface area contributed by atoms with Crippen LogP contribution in [0.3, 0.4) is 0 Å². The third kappa shape index (κ3) is 2.57. The van der Waals surface area contributed by atoms with Crippen molar-refractivity contribution in [3.05, 3.63) is 0 Å². The number of aliphatic hydroxyl groups is 1. The number of amides is 1. The molecular weight excluding hydrogens is 172 g/mol. The highest BCUT2D eigenvalue weighted by atomic mass is 16.4. The second-order valence-electron chi connectivity index (χ2n) is 3.64. The second kappa shape index (κ2) is 3.93. The van der Waals surface area contributed by atoms with Crippen LogP contribution in [0.25, 0.3) is 0 Å². The quantitative estimate of drug-likeness (QED) is 0.562. The van der Waals surface area contributed by atoms with Gasteiger partial charge in [-0.1, -0.05) is 0 Å². The number of aliphatic hydroxyl groups excluding tert-OH is 1. The second-order valence-corrected chi connectivity index (χ2v) is 3.64. The summed E-state index contributed by atoms with van der Waals surface area (Å²) in [5, 5.41) is 17.5. The van der Waals surface area contributed by atoms with Crippen molar-refractivity contribution in [2.75, 3.05) is 19.7 Å². The van der Waals surface area contributed by atoms with Gasteiger partial charge in [-0.3, -0.25) is 0 Å². The maximum Gasteiger partial charge on any atom is 0.407 e. The molecule has 1 aliphatic rings. The highest BCUT2D eigenvalue weighted by Gasteiger charge is 2.32. The molecule has 1 aliphatic heterocycles. The number of likely N-dealkylation sites (tertiary alicyclic amines) is 1. The molecule has 1 fully saturated rings. The number of hydrogen-bond acceptors (Lipinski definition) is 3. The lowest BCUT2D eigenvalue weighted by molar-refractivity contribution is 0.0998. The van der Waals surface area contributed by atoms with Crippen LogP contribution < -0.4 is 5.73 Å². The Morgan fingerprint density at radius 3 is 2.85 bits per heavy atom. The predicted octanol–water partition coefficient (Wildman–Crippen LogP) is -0.160. The van der Waals surface area contributed by atoms with Crippen LogP contribution in [0.15, 0.2) is 0 Å². The molecule has 0 spiro atoms. The normalized spacial score (nSPS) is 28.9. The Bertz CT molecular complexity index is 194. The number of carboxylic acid groups (broad SMARTS) is 1. The van der Waals surface area contributed by atoms with E-state index in [2.05, 4.69) is 0 Å². The lowest BCUT2D eigenvalue weighted by Crippen LogP contribution is -2.55. The Kier molecular flexibility index (Phi) is 3.11. The summed E-state index contributed by atoms with van der Waals surface area (Å²) in [5.41, 5.74) is 5.41. The van der Waals surface area contributed by atoms with Crippen LogP contribution in [-0.4, -0.2) is 46.4 Å². The van der Waals surface area contributed by atoms with Crippen molar-refractivity contribution in [2.45, 2.75) is 24.8 Å². The van der Waals surface area contributed by atoms with Gasteiger partial charge in [0.2, 0.25) is 0 Å². The van der Waals surface area contributed by atoms with E-state index in [1.54, 1.807) is 0 Å². The van der Waals surface area contributed by atoms with Crippen molar-refractivity contribution >= 4 is 6.09 Å². The molecule has 0 aromatic rings. The summed E-state index contributed by atoms with van der Waals surface area (Å²) < 4.78 is 0. The van der Waals surface area contributed by atoms with Crippen molar-refractivity contribution < 1.29 is 15.0 Å². The standard InChI is InChI=1S/C8H16N2O3/c9-8(3-5-11)2-1-4-10(6-8)7(12)13/h11H,1-6,9H2,(H,12,13).